The maximum absolute atomic E-state index is 12.3. The summed E-state index contributed by atoms with van der Waals surface area (Å²) in [7, 11) is -3.20. The lowest BCUT2D eigenvalue weighted by Crippen LogP contribution is -2.49. The van der Waals surface area contributed by atoms with E-state index in [1.54, 1.807) is 4.31 Å². The predicted octanol–water partition coefficient (Wildman–Crippen LogP) is 0.0927. The van der Waals surface area contributed by atoms with Crippen molar-refractivity contribution in [1.29, 1.82) is 0 Å². The van der Waals surface area contributed by atoms with E-state index in [2.05, 4.69) is 4.90 Å². The monoisotopic (exact) mass is 283 g/mol. The zero-order chi connectivity index (χ0) is 13.7. The molecule has 0 bridgehead atoms. The Balaban J connectivity index is 1.94. The van der Waals surface area contributed by atoms with Crippen LogP contribution in [0.4, 0.5) is 0 Å². The maximum Gasteiger partial charge on any atom is 0.218 e. The second-order valence-electron chi connectivity index (χ2n) is 4.77. The Morgan fingerprint density at radius 3 is 2.26 bits per heavy atom. The summed E-state index contributed by atoms with van der Waals surface area (Å²) < 4.78 is 26.2. The molecule has 0 spiro atoms. The molecule has 19 heavy (non-hydrogen) atoms. The van der Waals surface area contributed by atoms with E-state index in [1.807, 2.05) is 30.3 Å². The van der Waals surface area contributed by atoms with Crippen molar-refractivity contribution in [3.05, 3.63) is 35.9 Å². The highest BCUT2D eigenvalue weighted by Crippen LogP contribution is 2.13. The Morgan fingerprint density at radius 2 is 1.68 bits per heavy atom. The molecule has 0 unspecified atom stereocenters. The third kappa shape index (κ3) is 4.01. The summed E-state index contributed by atoms with van der Waals surface area (Å²) in [5, 5.41) is 0. The van der Waals surface area contributed by atoms with Crippen LogP contribution in [0.5, 0.6) is 0 Å². The topological polar surface area (TPSA) is 66.6 Å². The van der Waals surface area contributed by atoms with Crippen LogP contribution in [0.25, 0.3) is 0 Å². The van der Waals surface area contributed by atoms with Crippen molar-refractivity contribution in [3.63, 3.8) is 0 Å². The number of benzene rings is 1. The van der Waals surface area contributed by atoms with E-state index in [4.69, 9.17) is 5.73 Å². The Labute approximate surface area is 115 Å². The first-order chi connectivity index (χ1) is 9.12. The summed E-state index contributed by atoms with van der Waals surface area (Å²) in [4.78, 5) is 2.20. The third-order valence-electron chi connectivity index (χ3n) is 3.36. The van der Waals surface area contributed by atoms with Crippen LogP contribution in [0, 0.1) is 0 Å². The molecule has 5 nitrogen and oxygen atoms in total. The molecule has 1 aromatic carbocycles. The zero-order valence-corrected chi connectivity index (χ0v) is 11.8. The molecule has 1 fully saturated rings. The lowest BCUT2D eigenvalue weighted by Gasteiger charge is -2.33. The molecule has 0 aliphatic carbocycles. The summed E-state index contributed by atoms with van der Waals surface area (Å²) in [6.07, 6.45) is 0. The van der Waals surface area contributed by atoms with Crippen molar-refractivity contribution in [1.82, 2.24) is 9.21 Å². The third-order valence-corrected chi connectivity index (χ3v) is 5.21. The molecular formula is C13H21N3O2S. The first-order valence-electron chi connectivity index (χ1n) is 6.56. The van der Waals surface area contributed by atoms with Gasteiger partial charge < -0.3 is 5.73 Å². The molecule has 0 atom stereocenters. The Bertz CT molecular complexity index is 482. The average molecular weight is 283 g/mol. The number of hydrogen-bond donors (Lipinski definition) is 1. The highest BCUT2D eigenvalue weighted by Gasteiger charge is 2.26. The SMILES string of the molecule is NCCN1CCN(S(=O)(=O)Cc2ccccc2)CC1. The summed E-state index contributed by atoms with van der Waals surface area (Å²) in [6, 6.07) is 9.32. The van der Waals surface area contributed by atoms with E-state index < -0.39 is 10.0 Å². The summed E-state index contributed by atoms with van der Waals surface area (Å²) in [5.41, 5.74) is 6.35. The largest absolute Gasteiger partial charge is 0.329 e. The molecule has 6 heteroatoms. The van der Waals surface area contributed by atoms with E-state index >= 15 is 0 Å². The lowest BCUT2D eigenvalue weighted by atomic mass is 10.2. The molecule has 0 aromatic heterocycles. The highest BCUT2D eigenvalue weighted by atomic mass is 32.2. The van der Waals surface area contributed by atoms with Gasteiger partial charge in [-0.05, 0) is 5.56 Å². The Hall–Kier alpha value is -0.950. The second kappa shape index (κ2) is 6.47. The quantitative estimate of drug-likeness (QED) is 0.832. The van der Waals surface area contributed by atoms with Gasteiger partial charge in [-0.3, -0.25) is 4.90 Å². The first kappa shape index (κ1) is 14.5. The van der Waals surface area contributed by atoms with Crippen molar-refractivity contribution in [2.45, 2.75) is 5.75 Å². The van der Waals surface area contributed by atoms with Crippen LogP contribution in [0.2, 0.25) is 0 Å². The van der Waals surface area contributed by atoms with Crippen molar-refractivity contribution < 1.29 is 8.42 Å². The number of hydrogen-bond acceptors (Lipinski definition) is 4. The first-order valence-corrected chi connectivity index (χ1v) is 8.17. The molecular weight excluding hydrogens is 262 g/mol. The van der Waals surface area contributed by atoms with Crippen LogP contribution in [0.15, 0.2) is 30.3 Å². The van der Waals surface area contributed by atoms with Crippen LogP contribution < -0.4 is 5.73 Å². The molecule has 1 aliphatic heterocycles. The van der Waals surface area contributed by atoms with Gasteiger partial charge in [0.15, 0.2) is 0 Å². The standard InChI is InChI=1S/C13H21N3O2S/c14-6-7-15-8-10-16(11-9-15)19(17,18)12-13-4-2-1-3-5-13/h1-5H,6-12,14H2. The van der Waals surface area contributed by atoms with Crippen LogP contribution in [0.3, 0.4) is 0 Å². The van der Waals surface area contributed by atoms with E-state index in [-0.39, 0.29) is 5.75 Å². The van der Waals surface area contributed by atoms with Crippen molar-refractivity contribution in [2.24, 2.45) is 5.73 Å². The van der Waals surface area contributed by atoms with Gasteiger partial charge in [0.2, 0.25) is 10.0 Å². The van der Waals surface area contributed by atoms with Crippen LogP contribution >= 0.6 is 0 Å². The maximum atomic E-state index is 12.3. The molecule has 1 saturated heterocycles. The predicted molar refractivity (Wildman–Crippen MR) is 76.1 cm³/mol. The summed E-state index contributed by atoms with van der Waals surface area (Å²) in [5.74, 6) is 0.0880. The summed E-state index contributed by atoms with van der Waals surface area (Å²) in [6.45, 7) is 4.13. The molecule has 2 N–H and O–H groups in total. The fraction of sp³-hybridized carbons (Fsp3) is 0.538. The Morgan fingerprint density at radius 1 is 1.05 bits per heavy atom. The number of piperazine rings is 1. The molecule has 1 aliphatic rings. The van der Waals surface area contributed by atoms with Gasteiger partial charge in [0.05, 0.1) is 5.75 Å². The van der Waals surface area contributed by atoms with Crippen molar-refractivity contribution >= 4 is 10.0 Å². The van der Waals surface area contributed by atoms with Crippen LogP contribution in [-0.4, -0.2) is 56.9 Å². The molecule has 1 aromatic rings. The van der Waals surface area contributed by atoms with Crippen molar-refractivity contribution in [2.75, 3.05) is 39.3 Å². The van der Waals surface area contributed by atoms with Gasteiger partial charge in [-0.2, -0.15) is 4.31 Å². The van der Waals surface area contributed by atoms with Gasteiger partial charge in [-0.15, -0.1) is 0 Å². The smallest absolute Gasteiger partial charge is 0.218 e. The number of nitrogens with zero attached hydrogens (tertiary/aromatic N) is 2. The minimum atomic E-state index is -3.20. The molecule has 0 radical (unpaired) electrons. The van der Waals surface area contributed by atoms with E-state index in [0.717, 1.165) is 25.2 Å². The fourth-order valence-corrected chi connectivity index (χ4v) is 3.81. The van der Waals surface area contributed by atoms with E-state index in [0.29, 0.717) is 19.6 Å². The Kier molecular flexibility index (Phi) is 4.93. The lowest BCUT2D eigenvalue weighted by molar-refractivity contribution is 0.192. The molecule has 106 valence electrons. The molecule has 0 amide bonds. The van der Waals surface area contributed by atoms with Gasteiger partial charge in [-0.25, -0.2) is 8.42 Å². The molecule has 1 heterocycles. The summed E-state index contributed by atoms with van der Waals surface area (Å²) >= 11 is 0. The zero-order valence-electron chi connectivity index (χ0n) is 11.0. The highest BCUT2D eigenvalue weighted by molar-refractivity contribution is 7.88. The number of sulfonamides is 1. The van der Waals surface area contributed by atoms with Gasteiger partial charge in [-0.1, -0.05) is 30.3 Å². The van der Waals surface area contributed by atoms with Gasteiger partial charge in [0.1, 0.15) is 0 Å². The van der Waals surface area contributed by atoms with Crippen LogP contribution in [0.1, 0.15) is 5.56 Å². The van der Waals surface area contributed by atoms with Gasteiger partial charge >= 0.3 is 0 Å². The molecule has 0 saturated carbocycles. The normalized spacial score (nSPS) is 18.6. The fourth-order valence-electron chi connectivity index (χ4n) is 2.29. The van der Waals surface area contributed by atoms with Gasteiger partial charge in [0, 0.05) is 39.3 Å². The minimum Gasteiger partial charge on any atom is -0.329 e. The van der Waals surface area contributed by atoms with Crippen LogP contribution in [-0.2, 0) is 15.8 Å². The molecule has 2 rings (SSSR count). The number of rotatable bonds is 5. The van der Waals surface area contributed by atoms with Crippen molar-refractivity contribution in [3.8, 4) is 0 Å². The second-order valence-corrected chi connectivity index (χ2v) is 6.74. The van der Waals surface area contributed by atoms with Gasteiger partial charge in [0.25, 0.3) is 0 Å². The average Bonchev–Trinajstić information content (AvgIpc) is 2.40. The van der Waals surface area contributed by atoms with E-state index in [1.165, 1.54) is 0 Å². The number of nitrogens with two attached hydrogens (primary N) is 1. The van der Waals surface area contributed by atoms with E-state index in [9.17, 15) is 8.42 Å². The minimum absolute atomic E-state index is 0.0880.